The molecule has 2 heteroatoms. The van der Waals surface area contributed by atoms with E-state index in [0.29, 0.717) is 0 Å². The lowest BCUT2D eigenvalue weighted by Crippen LogP contribution is -2.35. The molecule has 0 amide bonds. The molecule has 0 spiro atoms. The topological polar surface area (TPSA) is 16.8 Å². The maximum absolute atomic E-state index is 4.32. The Morgan fingerprint density at radius 3 is 2.48 bits per heavy atom. The molecule has 31 heavy (non-hydrogen) atoms. The number of rotatable bonds is 3. The van der Waals surface area contributed by atoms with Crippen molar-refractivity contribution < 1.29 is 4.57 Å². The monoisotopic (exact) mass is 407 g/mol. The second kappa shape index (κ2) is 8.26. The second-order valence-electron chi connectivity index (χ2n) is 9.15. The largest absolute Gasteiger partial charge is 0.264 e. The van der Waals surface area contributed by atoms with Gasteiger partial charge in [0.2, 0.25) is 5.69 Å². The fourth-order valence-electron chi connectivity index (χ4n) is 5.20. The van der Waals surface area contributed by atoms with Gasteiger partial charge in [-0.25, -0.2) is 0 Å². The van der Waals surface area contributed by atoms with Crippen molar-refractivity contribution >= 4 is 10.8 Å². The predicted octanol–water partition coefficient (Wildman–Crippen LogP) is 7.06. The quantitative estimate of drug-likeness (QED) is 0.332. The van der Waals surface area contributed by atoms with E-state index >= 15 is 0 Å². The molecule has 0 unspecified atom stereocenters. The summed E-state index contributed by atoms with van der Waals surface area (Å²) in [4.78, 5) is 4.32. The first-order valence-electron chi connectivity index (χ1n) is 11.6. The Kier molecular flexibility index (Phi) is 5.31. The highest BCUT2D eigenvalue weighted by atomic mass is 14.9. The number of aryl methyl sites for hydroxylation is 2. The number of aromatic nitrogens is 2. The highest BCUT2D eigenvalue weighted by molar-refractivity contribution is 5.95. The van der Waals surface area contributed by atoms with Crippen molar-refractivity contribution in [2.24, 2.45) is 7.05 Å². The lowest BCUT2D eigenvalue weighted by molar-refractivity contribution is -0.665. The zero-order valence-corrected chi connectivity index (χ0v) is 18.9. The minimum absolute atomic E-state index is 0.728. The highest BCUT2D eigenvalue weighted by Gasteiger charge is 2.22. The molecule has 2 aromatic carbocycles. The van der Waals surface area contributed by atoms with Crippen LogP contribution in [0.1, 0.15) is 54.8 Å². The van der Waals surface area contributed by atoms with Gasteiger partial charge in [0.05, 0.1) is 10.9 Å². The molecule has 4 aromatic rings. The molecule has 1 aliphatic carbocycles. The van der Waals surface area contributed by atoms with Crippen LogP contribution in [-0.4, -0.2) is 4.98 Å². The third-order valence-corrected chi connectivity index (χ3v) is 7.12. The number of hydrogen-bond donors (Lipinski definition) is 0. The summed E-state index contributed by atoms with van der Waals surface area (Å²) in [7, 11) is 2.19. The number of nitrogens with zero attached hydrogens (tertiary/aromatic N) is 2. The maximum Gasteiger partial charge on any atom is 0.220 e. The molecule has 2 aromatic heterocycles. The summed E-state index contributed by atoms with van der Waals surface area (Å²) in [5.74, 6) is 0.728. The summed E-state index contributed by atoms with van der Waals surface area (Å²) >= 11 is 0. The number of pyridine rings is 2. The van der Waals surface area contributed by atoms with E-state index in [1.165, 1.54) is 76.5 Å². The summed E-state index contributed by atoms with van der Waals surface area (Å²) in [5.41, 5.74) is 9.06. The van der Waals surface area contributed by atoms with Crippen molar-refractivity contribution in [2.75, 3.05) is 0 Å². The Hall–Kier alpha value is -3.00. The molecule has 1 fully saturated rings. The van der Waals surface area contributed by atoms with E-state index in [-0.39, 0.29) is 0 Å². The molecule has 1 saturated carbocycles. The molecule has 0 saturated heterocycles. The highest BCUT2D eigenvalue weighted by Crippen LogP contribution is 2.36. The van der Waals surface area contributed by atoms with Gasteiger partial charge in [-0.3, -0.25) is 4.98 Å². The third-order valence-electron chi connectivity index (χ3n) is 7.12. The smallest absolute Gasteiger partial charge is 0.220 e. The van der Waals surface area contributed by atoms with Crippen LogP contribution in [0.15, 0.2) is 67.0 Å². The predicted molar refractivity (Wildman–Crippen MR) is 129 cm³/mol. The lowest BCUT2D eigenvalue weighted by Gasteiger charge is -2.22. The lowest BCUT2D eigenvalue weighted by atomic mass is 9.83. The van der Waals surface area contributed by atoms with E-state index in [4.69, 9.17) is 0 Å². The second-order valence-corrected chi connectivity index (χ2v) is 9.15. The van der Waals surface area contributed by atoms with Crippen LogP contribution in [0.25, 0.3) is 33.2 Å². The van der Waals surface area contributed by atoms with Crippen molar-refractivity contribution in [3.63, 3.8) is 0 Å². The first kappa shape index (κ1) is 19.9. The van der Waals surface area contributed by atoms with Gasteiger partial charge in [0, 0.05) is 30.9 Å². The van der Waals surface area contributed by atoms with Crippen molar-refractivity contribution in [1.29, 1.82) is 0 Å². The number of hydrogen-bond acceptors (Lipinski definition) is 1. The van der Waals surface area contributed by atoms with Gasteiger partial charge in [0.15, 0.2) is 5.69 Å². The van der Waals surface area contributed by atoms with Gasteiger partial charge in [-0.1, -0.05) is 49.6 Å². The standard InChI is InChI=1S/C29H31N2/c1-20-11-12-24(25-10-7-15-30-19-25)18-28(20)29-27-14-13-23(22-8-5-4-6-9-22)17-26(27)16-21(2)31(29)3/h7,10-19,22H,4-6,8-9H2,1-3H3/q+1. The van der Waals surface area contributed by atoms with Gasteiger partial charge in [-0.2, -0.15) is 4.57 Å². The van der Waals surface area contributed by atoms with Crippen LogP contribution in [-0.2, 0) is 7.05 Å². The molecular weight excluding hydrogens is 376 g/mol. The molecular formula is C29H31N2+. The van der Waals surface area contributed by atoms with E-state index in [1.807, 2.05) is 18.5 Å². The molecule has 2 heterocycles. The van der Waals surface area contributed by atoms with Gasteiger partial charge in [0.1, 0.15) is 7.05 Å². The Bertz CT molecular complexity index is 1230. The zero-order valence-electron chi connectivity index (χ0n) is 18.9. The molecule has 0 aliphatic heterocycles. The summed E-state index contributed by atoms with van der Waals surface area (Å²) in [6.45, 7) is 4.43. The van der Waals surface area contributed by atoms with Gasteiger partial charge < -0.3 is 0 Å². The van der Waals surface area contributed by atoms with Gasteiger partial charge in [0.25, 0.3) is 0 Å². The van der Waals surface area contributed by atoms with Crippen LogP contribution in [0.2, 0.25) is 0 Å². The van der Waals surface area contributed by atoms with Crippen molar-refractivity contribution in [1.82, 2.24) is 4.98 Å². The number of fused-ring (bicyclic) bond motifs is 1. The molecule has 0 bridgehead atoms. The first-order valence-corrected chi connectivity index (χ1v) is 11.6. The normalized spacial score (nSPS) is 14.8. The van der Waals surface area contributed by atoms with Crippen LogP contribution in [0.4, 0.5) is 0 Å². The van der Waals surface area contributed by atoms with Crippen LogP contribution >= 0.6 is 0 Å². The van der Waals surface area contributed by atoms with Crippen LogP contribution in [0.3, 0.4) is 0 Å². The minimum Gasteiger partial charge on any atom is -0.264 e. The Labute approximate surface area is 185 Å². The number of benzene rings is 2. The minimum atomic E-state index is 0.728. The molecule has 156 valence electrons. The summed E-state index contributed by atoms with van der Waals surface area (Å²) in [5, 5.41) is 2.69. The van der Waals surface area contributed by atoms with Gasteiger partial charge >= 0.3 is 0 Å². The molecule has 2 nitrogen and oxygen atoms in total. The Morgan fingerprint density at radius 2 is 1.71 bits per heavy atom. The van der Waals surface area contributed by atoms with E-state index in [0.717, 1.165) is 11.5 Å². The summed E-state index contributed by atoms with van der Waals surface area (Å²) in [6.07, 6.45) is 10.6. The van der Waals surface area contributed by atoms with E-state index in [9.17, 15) is 0 Å². The first-order chi connectivity index (χ1) is 15.1. The average Bonchev–Trinajstić information content (AvgIpc) is 2.81. The summed E-state index contributed by atoms with van der Waals surface area (Å²) < 4.78 is 2.35. The Morgan fingerprint density at radius 1 is 0.871 bits per heavy atom. The van der Waals surface area contributed by atoms with Gasteiger partial charge in [-0.05, 0) is 66.0 Å². The van der Waals surface area contributed by atoms with Crippen molar-refractivity contribution in [2.45, 2.75) is 51.9 Å². The summed E-state index contributed by atoms with van der Waals surface area (Å²) in [6, 6.07) is 20.5. The molecule has 0 atom stereocenters. The molecule has 0 radical (unpaired) electrons. The van der Waals surface area contributed by atoms with E-state index in [2.05, 4.69) is 79.0 Å². The third kappa shape index (κ3) is 3.76. The van der Waals surface area contributed by atoms with Gasteiger partial charge in [-0.15, -0.1) is 0 Å². The fraction of sp³-hybridized carbons (Fsp3) is 0.310. The van der Waals surface area contributed by atoms with E-state index in [1.54, 1.807) is 0 Å². The maximum atomic E-state index is 4.32. The van der Waals surface area contributed by atoms with Crippen molar-refractivity contribution in [3.8, 4) is 22.4 Å². The average molecular weight is 408 g/mol. The zero-order chi connectivity index (χ0) is 21.4. The van der Waals surface area contributed by atoms with Crippen molar-refractivity contribution in [3.05, 3.63) is 83.8 Å². The van der Waals surface area contributed by atoms with Crippen LogP contribution in [0, 0.1) is 13.8 Å². The Balaban J connectivity index is 1.68. The molecule has 5 rings (SSSR count). The van der Waals surface area contributed by atoms with Crippen LogP contribution in [0.5, 0.6) is 0 Å². The SMILES string of the molecule is Cc1ccc(-c2cccnc2)cc1-c1c2ccc(C3CCCCC3)cc2cc(C)[n+]1C. The fourth-order valence-corrected chi connectivity index (χ4v) is 5.20. The molecule has 0 N–H and O–H groups in total. The molecule has 1 aliphatic rings. The van der Waals surface area contributed by atoms with Crippen LogP contribution < -0.4 is 4.57 Å². The van der Waals surface area contributed by atoms with E-state index < -0.39 is 0 Å².